The first-order chi connectivity index (χ1) is 15.9. The fourth-order valence-corrected chi connectivity index (χ4v) is 5.43. The largest absolute Gasteiger partial charge is 0.390 e. The van der Waals surface area contributed by atoms with Crippen molar-refractivity contribution in [2.24, 2.45) is 0 Å². The SMILES string of the molecule is CCCSc1nc(NC2CC2c2cc(C)cc(C)c2)c2nnn([C@@H]3C[C@H](O)[C@@H](O)[C@H]3O)c2n1. The van der Waals surface area contributed by atoms with Gasteiger partial charge < -0.3 is 20.6 Å². The van der Waals surface area contributed by atoms with Gasteiger partial charge in [-0.3, -0.25) is 0 Å². The molecule has 176 valence electrons. The third kappa shape index (κ3) is 4.32. The molecule has 2 aliphatic rings. The van der Waals surface area contributed by atoms with E-state index in [9.17, 15) is 15.3 Å². The molecule has 0 bridgehead atoms. The quantitative estimate of drug-likeness (QED) is 0.304. The lowest BCUT2D eigenvalue weighted by atomic mass is 10.0. The highest BCUT2D eigenvalue weighted by atomic mass is 32.2. The first kappa shape index (κ1) is 22.5. The first-order valence-corrected chi connectivity index (χ1v) is 12.5. The molecule has 5 rings (SSSR count). The number of rotatable bonds is 7. The van der Waals surface area contributed by atoms with Gasteiger partial charge in [-0.05, 0) is 32.3 Å². The number of thioether (sulfide) groups is 1. The van der Waals surface area contributed by atoms with E-state index >= 15 is 0 Å². The van der Waals surface area contributed by atoms with Crippen LogP contribution in [0.4, 0.5) is 5.82 Å². The molecule has 0 spiro atoms. The predicted molar refractivity (Wildman–Crippen MR) is 126 cm³/mol. The molecule has 2 aliphatic carbocycles. The molecular formula is C23H30N6O3S. The number of hydrogen-bond acceptors (Lipinski definition) is 9. The van der Waals surface area contributed by atoms with Crippen LogP contribution in [0.2, 0.25) is 0 Å². The number of benzene rings is 1. The van der Waals surface area contributed by atoms with E-state index in [-0.39, 0.29) is 12.5 Å². The molecule has 4 N–H and O–H groups in total. The van der Waals surface area contributed by atoms with Crippen LogP contribution in [0.1, 0.15) is 54.8 Å². The predicted octanol–water partition coefficient (Wildman–Crippen LogP) is 2.34. The molecule has 0 amide bonds. The van der Waals surface area contributed by atoms with Crippen molar-refractivity contribution in [3.05, 3.63) is 34.9 Å². The molecule has 0 saturated heterocycles. The fraction of sp³-hybridized carbons (Fsp3) is 0.565. The lowest BCUT2D eigenvalue weighted by Gasteiger charge is -2.16. The Balaban J connectivity index is 1.46. The zero-order chi connectivity index (χ0) is 23.3. The number of nitrogens with zero attached hydrogens (tertiary/aromatic N) is 5. The monoisotopic (exact) mass is 470 g/mol. The number of fused-ring (bicyclic) bond motifs is 1. The number of aryl methyl sites for hydroxylation is 2. The van der Waals surface area contributed by atoms with E-state index < -0.39 is 24.4 Å². The zero-order valence-corrected chi connectivity index (χ0v) is 19.8. The van der Waals surface area contributed by atoms with E-state index in [1.54, 1.807) is 11.8 Å². The topological polar surface area (TPSA) is 129 Å². The number of aliphatic hydroxyl groups excluding tert-OH is 3. The molecule has 1 aromatic carbocycles. The van der Waals surface area contributed by atoms with Gasteiger partial charge in [0, 0.05) is 24.1 Å². The Bertz CT molecular complexity index is 1150. The van der Waals surface area contributed by atoms with Crippen molar-refractivity contribution in [3.63, 3.8) is 0 Å². The van der Waals surface area contributed by atoms with E-state index in [2.05, 4.69) is 59.6 Å². The molecule has 9 nitrogen and oxygen atoms in total. The maximum atomic E-state index is 10.4. The Hall–Kier alpha value is -2.27. The summed E-state index contributed by atoms with van der Waals surface area (Å²) >= 11 is 1.56. The highest BCUT2D eigenvalue weighted by molar-refractivity contribution is 7.99. The number of hydrogen-bond donors (Lipinski definition) is 4. The van der Waals surface area contributed by atoms with Crippen LogP contribution >= 0.6 is 11.8 Å². The second kappa shape index (κ2) is 8.83. The van der Waals surface area contributed by atoms with Crippen LogP contribution < -0.4 is 5.32 Å². The van der Waals surface area contributed by atoms with Crippen molar-refractivity contribution in [3.8, 4) is 0 Å². The van der Waals surface area contributed by atoms with Crippen LogP contribution in [-0.4, -0.2) is 70.4 Å². The van der Waals surface area contributed by atoms with Crippen molar-refractivity contribution in [2.45, 2.75) is 81.5 Å². The standard InChI is InChI=1S/C23H30N6O3S/c1-4-5-33-23-25-21(24-15-9-14(15)13-7-11(2)6-12(3)8-13)18-22(26-23)29(28-27-18)16-10-17(30)20(32)19(16)31/h6-8,14-17,19-20,30-32H,4-5,9-10H2,1-3H3,(H,24,25,26)/t14?,15?,16-,17+,19+,20-/m1/s1. The number of nitrogens with one attached hydrogen (secondary N) is 1. The van der Waals surface area contributed by atoms with Gasteiger partial charge in [0.1, 0.15) is 12.2 Å². The van der Waals surface area contributed by atoms with Gasteiger partial charge in [-0.1, -0.05) is 53.2 Å². The molecule has 2 fully saturated rings. The molecule has 2 aromatic heterocycles. The molecule has 3 aromatic rings. The number of aliphatic hydroxyl groups is 3. The van der Waals surface area contributed by atoms with Crippen molar-refractivity contribution in [1.82, 2.24) is 25.0 Å². The van der Waals surface area contributed by atoms with Crippen LogP contribution in [0.15, 0.2) is 23.4 Å². The molecule has 6 atom stereocenters. The Morgan fingerprint density at radius 1 is 1.06 bits per heavy atom. The third-order valence-electron chi connectivity index (χ3n) is 6.46. The summed E-state index contributed by atoms with van der Waals surface area (Å²) in [5.74, 6) is 1.93. The highest BCUT2D eigenvalue weighted by Gasteiger charge is 2.44. The Morgan fingerprint density at radius 3 is 2.48 bits per heavy atom. The van der Waals surface area contributed by atoms with Gasteiger partial charge in [0.15, 0.2) is 22.1 Å². The van der Waals surface area contributed by atoms with Gasteiger partial charge >= 0.3 is 0 Å². The summed E-state index contributed by atoms with van der Waals surface area (Å²) in [6.45, 7) is 6.35. The summed E-state index contributed by atoms with van der Waals surface area (Å²) in [6.07, 6.45) is -1.18. The minimum absolute atomic E-state index is 0.183. The number of anilines is 1. The summed E-state index contributed by atoms with van der Waals surface area (Å²) in [4.78, 5) is 9.40. The van der Waals surface area contributed by atoms with Gasteiger partial charge in [-0.15, -0.1) is 5.10 Å². The van der Waals surface area contributed by atoms with Gasteiger partial charge in [0.2, 0.25) is 0 Å². The minimum Gasteiger partial charge on any atom is -0.390 e. The Morgan fingerprint density at radius 2 is 1.82 bits per heavy atom. The molecule has 2 heterocycles. The molecule has 0 aliphatic heterocycles. The van der Waals surface area contributed by atoms with Crippen LogP contribution in [0, 0.1) is 13.8 Å². The molecule has 2 saturated carbocycles. The Labute approximate surface area is 196 Å². The van der Waals surface area contributed by atoms with E-state index in [0.29, 0.717) is 28.1 Å². The van der Waals surface area contributed by atoms with Gasteiger partial charge in [0.05, 0.1) is 12.1 Å². The highest BCUT2D eigenvalue weighted by Crippen LogP contribution is 2.44. The molecule has 33 heavy (non-hydrogen) atoms. The normalized spacial score (nSPS) is 29.0. The van der Waals surface area contributed by atoms with Gasteiger partial charge in [-0.25, -0.2) is 14.6 Å². The summed E-state index contributed by atoms with van der Waals surface area (Å²) in [6, 6.07) is 6.32. The maximum Gasteiger partial charge on any atom is 0.191 e. The molecule has 2 unspecified atom stereocenters. The van der Waals surface area contributed by atoms with Crippen molar-refractivity contribution < 1.29 is 15.3 Å². The van der Waals surface area contributed by atoms with Crippen LogP contribution in [0.25, 0.3) is 11.2 Å². The summed E-state index contributed by atoms with van der Waals surface area (Å²) in [7, 11) is 0. The molecule has 0 radical (unpaired) electrons. The summed E-state index contributed by atoms with van der Waals surface area (Å²) < 4.78 is 1.52. The molecule has 10 heteroatoms. The fourth-order valence-electron chi connectivity index (χ4n) is 4.74. The number of aromatic nitrogens is 5. The lowest BCUT2D eigenvalue weighted by molar-refractivity contribution is -0.0253. The van der Waals surface area contributed by atoms with Crippen molar-refractivity contribution in [2.75, 3.05) is 11.1 Å². The van der Waals surface area contributed by atoms with E-state index in [1.165, 1.54) is 21.4 Å². The van der Waals surface area contributed by atoms with E-state index in [4.69, 9.17) is 4.98 Å². The second-order valence-corrected chi connectivity index (χ2v) is 10.3. The summed E-state index contributed by atoms with van der Waals surface area (Å²) in [5, 5.41) is 43.2. The smallest absolute Gasteiger partial charge is 0.191 e. The maximum absolute atomic E-state index is 10.4. The minimum atomic E-state index is -1.22. The molecular weight excluding hydrogens is 440 g/mol. The second-order valence-electron chi connectivity index (χ2n) is 9.28. The Kier molecular flexibility index (Phi) is 6.02. The summed E-state index contributed by atoms with van der Waals surface area (Å²) in [5.41, 5.74) is 4.89. The van der Waals surface area contributed by atoms with Crippen LogP contribution in [0.3, 0.4) is 0 Å². The average molecular weight is 471 g/mol. The average Bonchev–Trinajstić information content (AvgIpc) is 3.34. The first-order valence-electron chi connectivity index (χ1n) is 11.5. The van der Waals surface area contributed by atoms with Crippen LogP contribution in [-0.2, 0) is 0 Å². The third-order valence-corrected chi connectivity index (χ3v) is 7.51. The van der Waals surface area contributed by atoms with E-state index in [1.807, 2.05) is 0 Å². The van der Waals surface area contributed by atoms with E-state index in [0.717, 1.165) is 18.6 Å². The lowest BCUT2D eigenvalue weighted by Crippen LogP contribution is -2.31. The van der Waals surface area contributed by atoms with Gasteiger partial charge in [-0.2, -0.15) is 0 Å². The van der Waals surface area contributed by atoms with Gasteiger partial charge in [0.25, 0.3) is 0 Å². The van der Waals surface area contributed by atoms with Crippen molar-refractivity contribution >= 4 is 28.7 Å². The zero-order valence-electron chi connectivity index (χ0n) is 19.0. The van der Waals surface area contributed by atoms with Crippen LogP contribution in [0.5, 0.6) is 0 Å². The van der Waals surface area contributed by atoms with Crippen molar-refractivity contribution in [1.29, 1.82) is 0 Å².